The summed E-state index contributed by atoms with van der Waals surface area (Å²) in [5.41, 5.74) is 6.49. The van der Waals surface area contributed by atoms with E-state index < -0.39 is 0 Å². The van der Waals surface area contributed by atoms with Gasteiger partial charge in [-0.05, 0) is 44.1 Å². The highest BCUT2D eigenvalue weighted by Crippen LogP contribution is 2.37. The summed E-state index contributed by atoms with van der Waals surface area (Å²) in [5, 5.41) is 0. The lowest BCUT2D eigenvalue weighted by atomic mass is 9.74. The molecule has 1 saturated carbocycles. The molecule has 0 aromatic heterocycles. The van der Waals surface area contributed by atoms with E-state index in [9.17, 15) is 0 Å². The molecule has 0 aromatic carbocycles. The first-order valence-electron chi connectivity index (χ1n) is 8.06. The van der Waals surface area contributed by atoms with Gasteiger partial charge >= 0.3 is 0 Å². The summed E-state index contributed by atoms with van der Waals surface area (Å²) in [7, 11) is 0. The average molecular weight is 254 g/mol. The Morgan fingerprint density at radius 3 is 2.22 bits per heavy atom. The molecule has 0 radical (unpaired) electrons. The third-order valence-corrected chi connectivity index (χ3v) is 5.27. The predicted octanol–water partition coefficient (Wildman–Crippen LogP) is 3.65. The lowest BCUT2D eigenvalue weighted by Gasteiger charge is -2.48. The lowest BCUT2D eigenvalue weighted by molar-refractivity contribution is 0.0346. The van der Waals surface area contributed by atoms with Gasteiger partial charge in [0, 0.05) is 18.6 Å². The fraction of sp³-hybridized carbons (Fsp3) is 1.00. The van der Waals surface area contributed by atoms with Crippen molar-refractivity contribution < 1.29 is 0 Å². The van der Waals surface area contributed by atoms with Crippen LogP contribution >= 0.6 is 0 Å². The van der Waals surface area contributed by atoms with Crippen molar-refractivity contribution in [3.63, 3.8) is 0 Å². The molecule has 0 heterocycles. The minimum absolute atomic E-state index is 0.309. The quantitative estimate of drug-likeness (QED) is 0.751. The van der Waals surface area contributed by atoms with Gasteiger partial charge in [0.15, 0.2) is 0 Å². The second-order valence-corrected chi connectivity index (χ2v) is 6.33. The maximum Gasteiger partial charge on any atom is 0.0331 e. The van der Waals surface area contributed by atoms with Crippen molar-refractivity contribution in [3.8, 4) is 0 Å². The van der Waals surface area contributed by atoms with Gasteiger partial charge in [-0.25, -0.2) is 0 Å². The molecule has 0 aliphatic heterocycles. The summed E-state index contributed by atoms with van der Waals surface area (Å²) in [4.78, 5) is 2.69. The van der Waals surface area contributed by atoms with Gasteiger partial charge < -0.3 is 5.73 Å². The zero-order valence-corrected chi connectivity index (χ0v) is 13.0. The standard InChI is InChI=1S/C16H34N2/c1-5-14(4)12-18(7-3)16(13-17)10-8-15(6-2)9-11-16/h14-15H,5-13,17H2,1-4H3. The zero-order chi connectivity index (χ0) is 13.6. The molecular weight excluding hydrogens is 220 g/mol. The van der Waals surface area contributed by atoms with Crippen LogP contribution in [-0.4, -0.2) is 30.1 Å². The second kappa shape index (κ2) is 7.49. The number of hydrogen-bond donors (Lipinski definition) is 1. The van der Waals surface area contributed by atoms with Crippen molar-refractivity contribution in [2.45, 2.75) is 71.8 Å². The SMILES string of the molecule is CCC(C)CN(CC)C1(CN)CCC(CC)CC1. The minimum atomic E-state index is 0.309. The first-order chi connectivity index (χ1) is 8.61. The molecular formula is C16H34N2. The van der Waals surface area contributed by atoms with Crippen molar-refractivity contribution >= 4 is 0 Å². The van der Waals surface area contributed by atoms with Crippen molar-refractivity contribution in [1.82, 2.24) is 4.90 Å². The Morgan fingerprint density at radius 1 is 1.22 bits per heavy atom. The predicted molar refractivity (Wildman–Crippen MR) is 80.7 cm³/mol. The molecule has 0 bridgehead atoms. The summed E-state index contributed by atoms with van der Waals surface area (Å²) >= 11 is 0. The molecule has 2 N–H and O–H groups in total. The van der Waals surface area contributed by atoms with Gasteiger partial charge in [-0.15, -0.1) is 0 Å². The molecule has 0 amide bonds. The van der Waals surface area contributed by atoms with Gasteiger partial charge in [-0.1, -0.05) is 40.5 Å². The highest BCUT2D eigenvalue weighted by Gasteiger charge is 2.38. The van der Waals surface area contributed by atoms with E-state index in [2.05, 4.69) is 32.6 Å². The van der Waals surface area contributed by atoms with E-state index in [-0.39, 0.29) is 0 Å². The summed E-state index contributed by atoms with van der Waals surface area (Å²) in [6, 6.07) is 0. The Labute approximate surface area is 114 Å². The Hall–Kier alpha value is -0.0800. The fourth-order valence-electron chi connectivity index (χ4n) is 3.44. The van der Waals surface area contributed by atoms with Gasteiger partial charge in [0.1, 0.15) is 0 Å². The van der Waals surface area contributed by atoms with Gasteiger partial charge in [-0.2, -0.15) is 0 Å². The Kier molecular flexibility index (Phi) is 6.65. The van der Waals surface area contributed by atoms with Crippen molar-refractivity contribution in [2.75, 3.05) is 19.6 Å². The van der Waals surface area contributed by atoms with E-state index in [4.69, 9.17) is 5.73 Å². The Bertz CT molecular complexity index is 219. The highest BCUT2D eigenvalue weighted by molar-refractivity contribution is 4.95. The fourth-order valence-corrected chi connectivity index (χ4v) is 3.44. The molecule has 0 saturated heterocycles. The van der Waals surface area contributed by atoms with Crippen LogP contribution < -0.4 is 5.73 Å². The molecule has 1 unspecified atom stereocenters. The number of rotatable bonds is 7. The van der Waals surface area contributed by atoms with Crippen LogP contribution in [0.5, 0.6) is 0 Å². The van der Waals surface area contributed by atoms with Gasteiger partial charge in [-0.3, -0.25) is 4.90 Å². The zero-order valence-electron chi connectivity index (χ0n) is 13.0. The normalized spacial score (nSPS) is 30.7. The largest absolute Gasteiger partial charge is 0.329 e. The van der Waals surface area contributed by atoms with Crippen LogP contribution in [0.2, 0.25) is 0 Å². The second-order valence-electron chi connectivity index (χ2n) is 6.33. The van der Waals surface area contributed by atoms with Crippen LogP contribution in [-0.2, 0) is 0 Å². The van der Waals surface area contributed by atoms with Crippen LogP contribution in [0.25, 0.3) is 0 Å². The smallest absolute Gasteiger partial charge is 0.0331 e. The average Bonchev–Trinajstić information content (AvgIpc) is 2.44. The van der Waals surface area contributed by atoms with E-state index in [0.29, 0.717) is 5.54 Å². The monoisotopic (exact) mass is 254 g/mol. The summed E-state index contributed by atoms with van der Waals surface area (Å²) in [6.45, 7) is 12.5. The number of likely N-dealkylation sites (N-methyl/N-ethyl adjacent to an activating group) is 1. The molecule has 1 aliphatic carbocycles. The molecule has 0 aromatic rings. The van der Waals surface area contributed by atoms with E-state index in [1.54, 1.807) is 0 Å². The Morgan fingerprint density at radius 2 is 1.83 bits per heavy atom. The van der Waals surface area contributed by atoms with Crippen molar-refractivity contribution in [3.05, 3.63) is 0 Å². The first-order valence-corrected chi connectivity index (χ1v) is 8.06. The van der Waals surface area contributed by atoms with E-state index in [1.807, 2.05) is 0 Å². The molecule has 0 spiro atoms. The molecule has 108 valence electrons. The van der Waals surface area contributed by atoms with E-state index >= 15 is 0 Å². The van der Waals surface area contributed by atoms with Crippen LogP contribution in [0, 0.1) is 11.8 Å². The summed E-state index contributed by atoms with van der Waals surface area (Å²) < 4.78 is 0. The van der Waals surface area contributed by atoms with Gasteiger partial charge in [0.2, 0.25) is 0 Å². The maximum absolute atomic E-state index is 6.18. The third-order valence-electron chi connectivity index (χ3n) is 5.27. The lowest BCUT2D eigenvalue weighted by Crippen LogP contribution is -2.56. The highest BCUT2D eigenvalue weighted by atomic mass is 15.2. The van der Waals surface area contributed by atoms with Crippen LogP contribution in [0.15, 0.2) is 0 Å². The molecule has 2 heteroatoms. The van der Waals surface area contributed by atoms with E-state index in [0.717, 1.165) is 24.9 Å². The summed E-state index contributed by atoms with van der Waals surface area (Å²) in [5.74, 6) is 1.74. The maximum atomic E-state index is 6.18. The van der Waals surface area contributed by atoms with Crippen LogP contribution in [0.1, 0.15) is 66.2 Å². The third kappa shape index (κ3) is 3.71. The Balaban J connectivity index is 2.67. The molecule has 18 heavy (non-hydrogen) atoms. The van der Waals surface area contributed by atoms with Gasteiger partial charge in [0.25, 0.3) is 0 Å². The van der Waals surface area contributed by atoms with Crippen LogP contribution in [0.4, 0.5) is 0 Å². The molecule has 2 nitrogen and oxygen atoms in total. The molecule has 1 fully saturated rings. The first kappa shape index (κ1) is 16.0. The minimum Gasteiger partial charge on any atom is -0.329 e. The number of hydrogen-bond acceptors (Lipinski definition) is 2. The molecule has 1 atom stereocenters. The molecule has 1 aliphatic rings. The summed E-state index contributed by atoms with van der Waals surface area (Å²) in [6.07, 6.45) is 8.00. The topological polar surface area (TPSA) is 29.3 Å². The van der Waals surface area contributed by atoms with Crippen molar-refractivity contribution in [1.29, 1.82) is 0 Å². The number of nitrogens with zero attached hydrogens (tertiary/aromatic N) is 1. The number of nitrogens with two attached hydrogens (primary N) is 1. The van der Waals surface area contributed by atoms with Crippen LogP contribution in [0.3, 0.4) is 0 Å². The molecule has 1 rings (SSSR count). The van der Waals surface area contributed by atoms with Crippen molar-refractivity contribution in [2.24, 2.45) is 17.6 Å². The van der Waals surface area contributed by atoms with E-state index in [1.165, 1.54) is 45.1 Å². The van der Waals surface area contributed by atoms with Gasteiger partial charge in [0.05, 0.1) is 0 Å².